The Kier molecular flexibility index (Phi) is 6.77. The van der Waals surface area contributed by atoms with E-state index in [2.05, 4.69) is 0 Å². The average molecular weight is 274 g/mol. The summed E-state index contributed by atoms with van der Waals surface area (Å²) in [6, 6.07) is 0. The van der Waals surface area contributed by atoms with Crippen molar-refractivity contribution in [2.75, 3.05) is 13.7 Å². The molecular weight excluding hydrogens is 265 g/mol. The fourth-order valence-corrected chi connectivity index (χ4v) is 1.04. The van der Waals surface area contributed by atoms with E-state index in [1.165, 1.54) is 10.4 Å². The van der Waals surface area contributed by atoms with E-state index < -0.39 is 0 Å². The third-order valence-corrected chi connectivity index (χ3v) is 2.54. The van der Waals surface area contributed by atoms with E-state index in [0.717, 1.165) is 32.7 Å². The van der Waals surface area contributed by atoms with Crippen molar-refractivity contribution >= 4 is 0 Å². The Bertz CT molecular complexity index is 19.5. The van der Waals surface area contributed by atoms with Crippen LogP contribution in [-0.2, 0) is 30.9 Å². The van der Waals surface area contributed by atoms with Gasteiger partial charge in [-0.15, -0.1) is 0 Å². The predicted octanol–water partition coefficient (Wildman–Crippen LogP) is 0.988. The van der Waals surface area contributed by atoms with Gasteiger partial charge in [-0.25, -0.2) is 0 Å². The van der Waals surface area contributed by atoms with Gasteiger partial charge in [-0.1, -0.05) is 0 Å². The van der Waals surface area contributed by atoms with E-state index in [1.54, 1.807) is 7.11 Å². The first-order valence-corrected chi connectivity index (χ1v) is 6.08. The van der Waals surface area contributed by atoms with Crippen LogP contribution >= 0.6 is 0 Å². The van der Waals surface area contributed by atoms with Crippen molar-refractivity contribution in [2.45, 2.75) is 10.4 Å². The van der Waals surface area contributed by atoms with Crippen LogP contribution in [0.3, 0.4) is 0 Å². The molecular formula is C4H9HgO. The van der Waals surface area contributed by atoms with E-state index in [9.17, 15) is 0 Å². The van der Waals surface area contributed by atoms with E-state index in [1.807, 2.05) is 0 Å². The third kappa shape index (κ3) is 4.90. The normalized spacial score (nSPS) is 9.17. The van der Waals surface area contributed by atoms with Crippen LogP contribution in [0.1, 0.15) is 6.42 Å². The molecule has 0 amide bonds. The van der Waals surface area contributed by atoms with Crippen molar-refractivity contribution in [1.29, 1.82) is 0 Å². The number of rotatable bonds is 3. The Morgan fingerprint density at radius 3 is 2.50 bits per heavy atom. The van der Waals surface area contributed by atoms with Crippen LogP contribution in [0.15, 0.2) is 0 Å². The van der Waals surface area contributed by atoms with Crippen LogP contribution in [0.2, 0.25) is 3.93 Å². The first kappa shape index (κ1) is 6.90. The zero-order valence-electron chi connectivity index (χ0n) is 4.24. The first-order valence-electron chi connectivity index (χ1n) is 2.20. The van der Waals surface area contributed by atoms with Crippen molar-refractivity contribution in [2.24, 2.45) is 0 Å². The number of ether oxygens (including phenoxy) is 1. The van der Waals surface area contributed by atoms with Gasteiger partial charge in [-0.3, -0.25) is 0 Å². The van der Waals surface area contributed by atoms with Crippen LogP contribution < -0.4 is 0 Å². The van der Waals surface area contributed by atoms with Gasteiger partial charge in [0.25, 0.3) is 0 Å². The predicted molar refractivity (Wildman–Crippen MR) is 21.3 cm³/mol. The topological polar surface area (TPSA) is 9.23 Å². The average Bonchev–Trinajstić information content (AvgIpc) is 1.61. The summed E-state index contributed by atoms with van der Waals surface area (Å²) in [6.07, 6.45) is 1.28. The van der Waals surface area contributed by atoms with Crippen molar-refractivity contribution < 1.29 is 30.9 Å². The quantitative estimate of drug-likeness (QED) is 0.550. The van der Waals surface area contributed by atoms with Gasteiger partial charge >= 0.3 is 54.9 Å². The summed E-state index contributed by atoms with van der Waals surface area (Å²) in [4.78, 5) is 0. The van der Waals surface area contributed by atoms with Gasteiger partial charge in [-0.05, 0) is 0 Å². The molecule has 0 spiro atoms. The van der Waals surface area contributed by atoms with E-state index in [0.29, 0.717) is 0 Å². The third-order valence-electron chi connectivity index (χ3n) is 0.598. The van der Waals surface area contributed by atoms with Gasteiger partial charge in [-0.2, -0.15) is 0 Å². The summed E-state index contributed by atoms with van der Waals surface area (Å²) >= 11 is 0.992. The Labute approximate surface area is 55.0 Å². The Morgan fingerprint density at radius 1 is 1.67 bits per heavy atom. The molecule has 0 aliphatic carbocycles. The van der Waals surface area contributed by atoms with Gasteiger partial charge in [0.15, 0.2) is 0 Å². The zero-order chi connectivity index (χ0) is 4.83. The molecule has 0 heterocycles. The van der Waals surface area contributed by atoms with Crippen LogP contribution in [0.4, 0.5) is 0 Å². The fourth-order valence-electron chi connectivity index (χ4n) is 0.246. The van der Waals surface area contributed by atoms with Crippen molar-refractivity contribution in [3.05, 3.63) is 0 Å². The minimum absolute atomic E-state index is 0.962. The SMILES string of the molecule is COCC[CH2][Hg]. The van der Waals surface area contributed by atoms with Crippen LogP contribution in [0.25, 0.3) is 0 Å². The molecule has 0 aromatic rings. The molecule has 0 N–H and O–H groups in total. The van der Waals surface area contributed by atoms with Gasteiger partial charge in [0.1, 0.15) is 0 Å². The van der Waals surface area contributed by atoms with Gasteiger partial charge in [0.05, 0.1) is 0 Å². The molecule has 0 aliphatic rings. The Hall–Kier alpha value is 0.895. The second-order valence-corrected chi connectivity index (χ2v) is 3.95. The molecule has 2 heteroatoms. The Balaban J connectivity index is 2.34. The molecule has 0 aromatic heterocycles. The second kappa shape index (κ2) is 5.90. The molecule has 0 rings (SSSR count). The number of hydrogen-bond donors (Lipinski definition) is 0. The van der Waals surface area contributed by atoms with E-state index in [4.69, 9.17) is 4.74 Å². The number of hydrogen-bond acceptors (Lipinski definition) is 1. The standard InChI is InChI=1S/C4H9O.Hg/c1-3-4-5-2;/h1,3-4H2,2H3;. The molecule has 1 nitrogen and oxygen atoms in total. The summed E-state index contributed by atoms with van der Waals surface area (Å²) in [5.41, 5.74) is 0. The summed E-state index contributed by atoms with van der Waals surface area (Å²) in [6.45, 7) is 0.962. The summed E-state index contributed by atoms with van der Waals surface area (Å²) in [5.74, 6) is 0. The molecule has 0 fully saturated rings. The first-order chi connectivity index (χ1) is 2.91. The maximum absolute atomic E-state index is 4.81. The minimum atomic E-state index is 0.962. The van der Waals surface area contributed by atoms with Crippen molar-refractivity contribution in [1.82, 2.24) is 0 Å². The van der Waals surface area contributed by atoms with Crippen molar-refractivity contribution in [3.63, 3.8) is 0 Å². The molecule has 33 valence electrons. The number of methoxy groups -OCH3 is 1. The van der Waals surface area contributed by atoms with Gasteiger partial charge in [0, 0.05) is 0 Å². The van der Waals surface area contributed by atoms with Crippen LogP contribution in [0.5, 0.6) is 0 Å². The summed E-state index contributed by atoms with van der Waals surface area (Å²) in [7, 11) is 1.75. The van der Waals surface area contributed by atoms with E-state index >= 15 is 0 Å². The van der Waals surface area contributed by atoms with Crippen LogP contribution in [0, 0.1) is 0 Å². The summed E-state index contributed by atoms with van der Waals surface area (Å²) < 4.78 is 6.24. The van der Waals surface area contributed by atoms with Gasteiger partial charge in [0.2, 0.25) is 0 Å². The molecule has 6 heavy (non-hydrogen) atoms. The second-order valence-electron chi connectivity index (χ2n) is 1.20. The zero-order valence-corrected chi connectivity index (χ0v) is 9.73. The monoisotopic (exact) mass is 275 g/mol. The molecule has 0 aromatic carbocycles. The van der Waals surface area contributed by atoms with Crippen LogP contribution in [-0.4, -0.2) is 13.7 Å². The fraction of sp³-hybridized carbons (Fsp3) is 1.00. The Morgan fingerprint density at radius 2 is 2.33 bits per heavy atom. The molecule has 0 atom stereocenters. The molecule has 0 aliphatic heterocycles. The van der Waals surface area contributed by atoms with E-state index in [-0.39, 0.29) is 0 Å². The molecule has 0 unspecified atom stereocenters. The maximum atomic E-state index is 4.81. The molecule has 0 bridgehead atoms. The molecule has 0 saturated heterocycles. The molecule has 0 radical (unpaired) electrons. The van der Waals surface area contributed by atoms with Gasteiger partial charge < -0.3 is 0 Å². The van der Waals surface area contributed by atoms with Crippen molar-refractivity contribution in [3.8, 4) is 0 Å². The summed E-state index contributed by atoms with van der Waals surface area (Å²) in [5, 5.41) is 0. The molecule has 0 saturated carbocycles.